The molecule has 4 atom stereocenters. The van der Waals surface area contributed by atoms with Crippen LogP contribution in [0.15, 0.2) is 66.7 Å². The summed E-state index contributed by atoms with van der Waals surface area (Å²) in [6.07, 6.45) is 8.00. The first-order valence-corrected chi connectivity index (χ1v) is 17.9. The van der Waals surface area contributed by atoms with Gasteiger partial charge < -0.3 is 28.7 Å². The van der Waals surface area contributed by atoms with Gasteiger partial charge in [-0.2, -0.15) is 0 Å². The predicted octanol–water partition coefficient (Wildman–Crippen LogP) is 6.41. The molecule has 0 N–H and O–H groups in total. The average molecular weight is 669 g/mol. The van der Waals surface area contributed by atoms with Crippen molar-refractivity contribution in [3.8, 4) is 17.2 Å². The van der Waals surface area contributed by atoms with Crippen molar-refractivity contribution in [2.75, 3.05) is 48.0 Å². The minimum Gasteiger partial charge on any atom is -0.497 e. The van der Waals surface area contributed by atoms with Crippen molar-refractivity contribution >= 4 is 11.9 Å². The Balaban J connectivity index is 1.05. The number of aryl methyl sites for hydroxylation is 2. The fourth-order valence-electron chi connectivity index (χ4n) is 8.69. The lowest BCUT2D eigenvalue weighted by atomic mass is 9.52. The van der Waals surface area contributed by atoms with Crippen molar-refractivity contribution in [3.63, 3.8) is 0 Å². The zero-order valence-electron chi connectivity index (χ0n) is 29.6. The molecule has 0 aromatic heterocycles. The van der Waals surface area contributed by atoms with Gasteiger partial charge in [0, 0.05) is 31.0 Å². The number of nitrogens with zero attached hydrogens (tertiary/aromatic N) is 2. The maximum atomic E-state index is 13.8. The number of ether oxygens (including phenoxy) is 4. The van der Waals surface area contributed by atoms with E-state index in [4.69, 9.17) is 18.9 Å². The lowest BCUT2D eigenvalue weighted by Gasteiger charge is -2.59. The third kappa shape index (κ3) is 7.90. The van der Waals surface area contributed by atoms with Gasteiger partial charge >= 0.3 is 5.97 Å². The van der Waals surface area contributed by atoms with E-state index in [1.54, 1.807) is 14.2 Å². The highest BCUT2D eigenvalue weighted by molar-refractivity contribution is 5.82. The van der Waals surface area contributed by atoms with Crippen molar-refractivity contribution in [2.45, 2.75) is 81.8 Å². The summed E-state index contributed by atoms with van der Waals surface area (Å²) in [6, 6.07) is 22.8. The Morgan fingerprint density at radius 2 is 1.73 bits per heavy atom. The molecule has 2 fully saturated rings. The Hall–Kier alpha value is -4.04. The van der Waals surface area contributed by atoms with Gasteiger partial charge in [-0.05, 0) is 111 Å². The number of hydrogen-bond acceptors (Lipinski definition) is 7. The summed E-state index contributed by atoms with van der Waals surface area (Å²) in [5, 5.41) is 0. The van der Waals surface area contributed by atoms with Gasteiger partial charge in [0.2, 0.25) is 5.91 Å². The highest BCUT2D eigenvalue weighted by atomic mass is 16.6. The first-order valence-electron chi connectivity index (χ1n) is 17.9. The first kappa shape index (κ1) is 34.8. The molecule has 6 rings (SSSR count). The summed E-state index contributed by atoms with van der Waals surface area (Å²) in [5.41, 5.74) is 5.19. The van der Waals surface area contributed by atoms with Gasteiger partial charge in [0.05, 0.1) is 20.6 Å². The van der Waals surface area contributed by atoms with Crippen LogP contribution < -0.4 is 14.2 Å². The quantitative estimate of drug-likeness (QED) is 0.184. The number of carbonyl (C=O) groups is 2. The second-order valence-corrected chi connectivity index (χ2v) is 14.3. The summed E-state index contributed by atoms with van der Waals surface area (Å²) < 4.78 is 23.2. The highest BCUT2D eigenvalue weighted by Crippen LogP contribution is 2.56. The number of esters is 1. The number of methoxy groups -OCH3 is 2. The van der Waals surface area contributed by atoms with Gasteiger partial charge in [0.15, 0.2) is 0 Å². The topological polar surface area (TPSA) is 77.5 Å². The van der Waals surface area contributed by atoms with E-state index in [0.717, 1.165) is 61.5 Å². The molecule has 3 aromatic carbocycles. The fraction of sp³-hybridized carbons (Fsp3) is 0.512. The Morgan fingerprint density at radius 3 is 2.55 bits per heavy atom. The molecule has 8 nitrogen and oxygen atoms in total. The maximum Gasteiger partial charge on any atom is 0.306 e. The van der Waals surface area contributed by atoms with Crippen LogP contribution in [0.25, 0.3) is 0 Å². The van der Waals surface area contributed by atoms with E-state index in [0.29, 0.717) is 12.5 Å². The summed E-state index contributed by atoms with van der Waals surface area (Å²) in [7, 11) is 7.31. The van der Waals surface area contributed by atoms with Crippen LogP contribution in [0.3, 0.4) is 0 Å². The first-order chi connectivity index (χ1) is 23.8. The van der Waals surface area contributed by atoms with Crippen molar-refractivity contribution in [3.05, 3.63) is 89.0 Å². The zero-order chi connectivity index (χ0) is 34.4. The fourth-order valence-corrected chi connectivity index (χ4v) is 8.69. The minimum absolute atomic E-state index is 0.0588. The van der Waals surface area contributed by atoms with E-state index in [1.807, 2.05) is 55.4 Å². The maximum absolute atomic E-state index is 13.8. The Labute approximate surface area is 291 Å². The number of para-hydroxylation sites is 1. The Morgan fingerprint density at radius 1 is 0.918 bits per heavy atom. The van der Waals surface area contributed by atoms with Gasteiger partial charge in [-0.1, -0.05) is 49.2 Å². The SMILES string of the molecule is COc1cccc(CCc2ccccc2OC[C@@H](CN(C)C)OC(=O)CCC(=O)N2CC[C@@]34CCCC[C@@H]3C2Cc2ccc(OC)cc24)c1. The van der Waals surface area contributed by atoms with Crippen molar-refractivity contribution in [2.24, 2.45) is 5.92 Å². The minimum atomic E-state index is -0.464. The molecule has 0 spiro atoms. The van der Waals surface area contributed by atoms with E-state index in [9.17, 15) is 9.59 Å². The van der Waals surface area contributed by atoms with Crippen LogP contribution in [-0.4, -0.2) is 81.8 Å². The van der Waals surface area contributed by atoms with Crippen LogP contribution in [0.2, 0.25) is 0 Å². The van der Waals surface area contributed by atoms with Gasteiger partial charge in [-0.15, -0.1) is 0 Å². The van der Waals surface area contributed by atoms with Crippen molar-refractivity contribution in [1.82, 2.24) is 9.80 Å². The molecule has 1 aliphatic heterocycles. The third-order valence-corrected chi connectivity index (χ3v) is 11.0. The molecule has 1 saturated carbocycles. The van der Waals surface area contributed by atoms with Crippen molar-refractivity contribution in [1.29, 1.82) is 0 Å². The smallest absolute Gasteiger partial charge is 0.306 e. The number of carbonyl (C=O) groups excluding carboxylic acids is 2. The molecule has 3 aromatic rings. The molecule has 1 saturated heterocycles. The number of likely N-dealkylation sites (tertiary alicyclic amines) is 1. The van der Waals surface area contributed by atoms with Crippen LogP contribution in [0.4, 0.5) is 0 Å². The molecular formula is C41H52N2O6. The standard InChI is InChI=1S/C41H52N2O6/c1-42(2)27-34(28-48-38-14-6-5-11-30(38)16-15-29-10-9-12-32(24-29)46-3)49-40(45)20-19-39(44)43-23-22-41-21-8-7-13-35(41)37(43)25-31-17-18-33(47-4)26-36(31)41/h5-6,9-12,14,17-18,24,26,34-35,37H,7-8,13,15-16,19-23,25,27-28H2,1-4H3/t34-,35-,37?,41+/m1/s1. The molecule has 3 aliphatic rings. The van der Waals surface area contributed by atoms with E-state index in [2.05, 4.69) is 35.2 Å². The van der Waals surface area contributed by atoms with Gasteiger partial charge in [-0.25, -0.2) is 0 Å². The Kier molecular flexibility index (Phi) is 11.1. The van der Waals surface area contributed by atoms with Crippen LogP contribution in [-0.2, 0) is 39.0 Å². The molecule has 1 amide bonds. The van der Waals surface area contributed by atoms with E-state index in [1.165, 1.54) is 36.0 Å². The number of hydrogen-bond donors (Lipinski definition) is 0. The van der Waals surface area contributed by atoms with Crippen LogP contribution in [0, 0.1) is 5.92 Å². The molecule has 0 radical (unpaired) electrons. The summed E-state index contributed by atoms with van der Waals surface area (Å²) in [6.45, 7) is 1.49. The van der Waals surface area contributed by atoms with E-state index < -0.39 is 6.10 Å². The molecule has 2 bridgehead atoms. The molecule has 262 valence electrons. The molecule has 8 heteroatoms. The number of rotatable bonds is 14. The zero-order valence-corrected chi connectivity index (χ0v) is 29.6. The van der Waals surface area contributed by atoms with Gasteiger partial charge in [0.1, 0.15) is 30.0 Å². The number of fused-ring (bicyclic) bond motifs is 1. The lowest BCUT2D eigenvalue weighted by molar-refractivity contribution is -0.154. The summed E-state index contributed by atoms with van der Waals surface area (Å²) >= 11 is 0. The molecule has 49 heavy (non-hydrogen) atoms. The van der Waals surface area contributed by atoms with E-state index >= 15 is 0 Å². The van der Waals surface area contributed by atoms with E-state index in [-0.39, 0.29) is 42.8 Å². The van der Waals surface area contributed by atoms with Crippen LogP contribution >= 0.6 is 0 Å². The summed E-state index contributed by atoms with van der Waals surface area (Å²) in [4.78, 5) is 31.0. The lowest BCUT2D eigenvalue weighted by Crippen LogP contribution is -2.62. The van der Waals surface area contributed by atoms with Crippen LogP contribution in [0.5, 0.6) is 17.2 Å². The third-order valence-electron chi connectivity index (χ3n) is 11.0. The Bertz CT molecular complexity index is 1610. The second-order valence-electron chi connectivity index (χ2n) is 14.3. The summed E-state index contributed by atoms with van der Waals surface area (Å²) in [5.74, 6) is 2.70. The van der Waals surface area contributed by atoms with Crippen LogP contribution in [0.1, 0.15) is 67.2 Å². The number of benzene rings is 3. The molecule has 1 unspecified atom stereocenters. The molecular weight excluding hydrogens is 616 g/mol. The van der Waals surface area contributed by atoms with Gasteiger partial charge in [0.25, 0.3) is 0 Å². The number of likely N-dealkylation sites (N-methyl/N-ethyl adjacent to an activating group) is 1. The monoisotopic (exact) mass is 668 g/mol. The highest BCUT2D eigenvalue weighted by Gasteiger charge is 2.54. The predicted molar refractivity (Wildman–Crippen MR) is 190 cm³/mol. The average Bonchev–Trinajstić information content (AvgIpc) is 3.12. The van der Waals surface area contributed by atoms with Crippen molar-refractivity contribution < 1.29 is 28.5 Å². The number of piperidine rings is 1. The van der Waals surface area contributed by atoms with Gasteiger partial charge in [-0.3, -0.25) is 9.59 Å². The molecule has 2 aliphatic carbocycles. The normalized spacial score (nSPS) is 21.7. The number of amides is 1. The molecule has 1 heterocycles. The second kappa shape index (κ2) is 15.7. The largest absolute Gasteiger partial charge is 0.497 e.